The highest BCUT2D eigenvalue weighted by Gasteiger charge is 2.33. The lowest BCUT2D eigenvalue weighted by Gasteiger charge is -2.32. The molecule has 1 aromatic carbocycles. The summed E-state index contributed by atoms with van der Waals surface area (Å²) in [7, 11) is -3.73. The lowest BCUT2D eigenvalue weighted by atomic mass is 10.1. The lowest BCUT2D eigenvalue weighted by Crippen LogP contribution is -2.53. The van der Waals surface area contributed by atoms with Crippen LogP contribution in [0.1, 0.15) is 30.9 Å². The van der Waals surface area contributed by atoms with E-state index in [-0.39, 0.29) is 11.7 Å². The summed E-state index contributed by atoms with van der Waals surface area (Å²) < 4.78 is 29.3. The Bertz CT molecular complexity index is 977. The zero-order chi connectivity index (χ0) is 19.4. The summed E-state index contributed by atoms with van der Waals surface area (Å²) in [6.07, 6.45) is 2.77. The van der Waals surface area contributed by atoms with Gasteiger partial charge in [0.2, 0.25) is 15.9 Å². The number of amides is 1. The van der Waals surface area contributed by atoms with Crippen LogP contribution in [0.2, 0.25) is 0 Å². The second-order valence-electron chi connectivity index (χ2n) is 6.38. The summed E-state index contributed by atoms with van der Waals surface area (Å²) in [6, 6.07) is 9.38. The van der Waals surface area contributed by atoms with Gasteiger partial charge in [0.05, 0.1) is 23.6 Å². The average Bonchev–Trinajstić information content (AvgIpc) is 3.11. The maximum atomic E-state index is 12.8. The Morgan fingerprint density at radius 2 is 2.19 bits per heavy atom. The zero-order valence-electron chi connectivity index (χ0n) is 15.0. The van der Waals surface area contributed by atoms with Crippen LogP contribution in [-0.4, -0.2) is 36.7 Å². The van der Waals surface area contributed by atoms with E-state index in [1.54, 1.807) is 40.0 Å². The SMILES string of the molecule is CCn1nccc1N1CCC[C@H](NS(=O)(=O)Cc2cccc(C#N)c2)C1=O. The third-order valence-corrected chi connectivity index (χ3v) is 5.80. The van der Waals surface area contributed by atoms with Crippen molar-refractivity contribution in [2.45, 2.75) is 38.1 Å². The third kappa shape index (κ3) is 4.35. The van der Waals surface area contributed by atoms with Crippen LogP contribution in [0, 0.1) is 11.3 Å². The molecule has 3 rings (SSSR count). The van der Waals surface area contributed by atoms with Crippen LogP contribution < -0.4 is 9.62 Å². The number of nitrogens with zero attached hydrogens (tertiary/aromatic N) is 4. The van der Waals surface area contributed by atoms with E-state index in [1.807, 2.05) is 13.0 Å². The second kappa shape index (κ2) is 7.90. The number of anilines is 1. The number of benzene rings is 1. The molecular weight excluding hydrogens is 366 g/mol. The van der Waals surface area contributed by atoms with E-state index in [9.17, 15) is 13.2 Å². The predicted molar refractivity (Wildman–Crippen MR) is 100 cm³/mol. The van der Waals surface area contributed by atoms with Crippen molar-refractivity contribution in [2.75, 3.05) is 11.4 Å². The topological polar surface area (TPSA) is 108 Å². The van der Waals surface area contributed by atoms with Crippen molar-refractivity contribution in [3.63, 3.8) is 0 Å². The molecular formula is C18H21N5O3S. The minimum Gasteiger partial charge on any atom is -0.296 e. The number of carbonyl (C=O) groups excluding carboxylic acids is 1. The molecule has 1 aliphatic rings. The van der Waals surface area contributed by atoms with E-state index in [2.05, 4.69) is 9.82 Å². The number of hydrogen-bond acceptors (Lipinski definition) is 5. The van der Waals surface area contributed by atoms with Gasteiger partial charge in [0.1, 0.15) is 11.9 Å². The fourth-order valence-corrected chi connectivity index (χ4v) is 4.57. The first-order valence-corrected chi connectivity index (χ1v) is 10.4. The maximum Gasteiger partial charge on any atom is 0.246 e. The third-order valence-electron chi connectivity index (χ3n) is 4.44. The predicted octanol–water partition coefficient (Wildman–Crippen LogP) is 1.39. The van der Waals surface area contributed by atoms with E-state index < -0.39 is 16.1 Å². The van der Waals surface area contributed by atoms with Crippen LogP contribution in [0.3, 0.4) is 0 Å². The number of carbonyl (C=O) groups is 1. The maximum absolute atomic E-state index is 12.8. The Morgan fingerprint density at radius 1 is 1.37 bits per heavy atom. The molecule has 2 aromatic rings. The molecule has 27 heavy (non-hydrogen) atoms. The van der Waals surface area contributed by atoms with E-state index >= 15 is 0 Å². The van der Waals surface area contributed by atoms with Crippen molar-refractivity contribution < 1.29 is 13.2 Å². The summed E-state index contributed by atoms with van der Waals surface area (Å²) in [5.74, 6) is 0.123. The van der Waals surface area contributed by atoms with Crippen LogP contribution >= 0.6 is 0 Å². The quantitative estimate of drug-likeness (QED) is 0.806. The van der Waals surface area contributed by atoms with Gasteiger partial charge in [-0.2, -0.15) is 10.4 Å². The van der Waals surface area contributed by atoms with Crippen molar-refractivity contribution >= 4 is 21.7 Å². The molecule has 0 unspecified atom stereocenters. The number of sulfonamides is 1. The molecule has 1 saturated heterocycles. The molecule has 1 fully saturated rings. The number of nitriles is 1. The highest BCUT2D eigenvalue weighted by Crippen LogP contribution is 2.21. The number of aryl methyl sites for hydroxylation is 1. The van der Waals surface area contributed by atoms with E-state index in [0.717, 1.165) is 0 Å². The first-order chi connectivity index (χ1) is 12.9. The van der Waals surface area contributed by atoms with Crippen LogP contribution in [-0.2, 0) is 27.1 Å². The van der Waals surface area contributed by atoms with Crippen molar-refractivity contribution in [1.29, 1.82) is 5.26 Å². The largest absolute Gasteiger partial charge is 0.296 e. The highest BCUT2D eigenvalue weighted by atomic mass is 32.2. The average molecular weight is 387 g/mol. The molecule has 2 heterocycles. The van der Waals surface area contributed by atoms with Gasteiger partial charge in [0.25, 0.3) is 0 Å². The van der Waals surface area contributed by atoms with Gasteiger partial charge >= 0.3 is 0 Å². The number of rotatable bonds is 6. The molecule has 1 aromatic heterocycles. The summed E-state index contributed by atoms with van der Waals surface area (Å²) in [5, 5.41) is 13.1. The smallest absolute Gasteiger partial charge is 0.246 e. The Hall–Kier alpha value is -2.70. The Labute approximate surface area is 158 Å². The number of hydrogen-bond donors (Lipinski definition) is 1. The molecule has 0 spiro atoms. The summed E-state index contributed by atoms with van der Waals surface area (Å²) in [6.45, 7) is 3.09. The van der Waals surface area contributed by atoms with Gasteiger partial charge in [-0.15, -0.1) is 0 Å². The second-order valence-corrected chi connectivity index (χ2v) is 8.13. The van der Waals surface area contributed by atoms with Gasteiger partial charge in [-0.1, -0.05) is 12.1 Å². The van der Waals surface area contributed by atoms with Crippen molar-refractivity contribution in [3.8, 4) is 6.07 Å². The minimum absolute atomic E-state index is 0.272. The van der Waals surface area contributed by atoms with Crippen LogP contribution in [0.5, 0.6) is 0 Å². The van der Waals surface area contributed by atoms with Crippen LogP contribution in [0.4, 0.5) is 5.82 Å². The Balaban J connectivity index is 1.74. The zero-order valence-corrected chi connectivity index (χ0v) is 15.8. The molecule has 0 radical (unpaired) electrons. The van der Waals surface area contributed by atoms with E-state index in [1.165, 1.54) is 6.07 Å². The molecule has 9 heteroatoms. The van der Waals surface area contributed by atoms with Crippen LogP contribution in [0.15, 0.2) is 36.5 Å². The Kier molecular flexibility index (Phi) is 5.58. The van der Waals surface area contributed by atoms with Gasteiger partial charge in [-0.3, -0.25) is 9.69 Å². The highest BCUT2D eigenvalue weighted by molar-refractivity contribution is 7.88. The summed E-state index contributed by atoms with van der Waals surface area (Å²) in [4.78, 5) is 14.4. The molecule has 1 aliphatic heterocycles. The molecule has 0 saturated carbocycles. The van der Waals surface area contributed by atoms with Crippen molar-refractivity contribution in [1.82, 2.24) is 14.5 Å². The molecule has 0 bridgehead atoms. The summed E-state index contributed by atoms with van der Waals surface area (Å²) >= 11 is 0. The van der Waals surface area contributed by atoms with Gasteiger partial charge in [0, 0.05) is 19.2 Å². The molecule has 0 aliphatic carbocycles. The van der Waals surface area contributed by atoms with Gasteiger partial charge in [-0.05, 0) is 37.5 Å². The number of aromatic nitrogens is 2. The number of nitrogens with one attached hydrogen (secondary N) is 1. The van der Waals surface area contributed by atoms with Gasteiger partial charge in [-0.25, -0.2) is 17.8 Å². The standard InChI is InChI=1S/C18H21N5O3S/c1-2-23-17(8-9-20-23)22-10-4-7-16(18(22)24)21-27(25,26)13-15-6-3-5-14(11-15)12-19/h3,5-6,8-9,11,16,21H,2,4,7,10,13H2,1H3/t16-/m0/s1. The van der Waals surface area contributed by atoms with Gasteiger partial charge < -0.3 is 0 Å². The van der Waals surface area contributed by atoms with E-state index in [4.69, 9.17) is 5.26 Å². The first kappa shape index (κ1) is 19.1. The lowest BCUT2D eigenvalue weighted by molar-refractivity contribution is -0.121. The van der Waals surface area contributed by atoms with Crippen LogP contribution in [0.25, 0.3) is 0 Å². The normalized spacial score (nSPS) is 17.7. The fraction of sp³-hybridized carbons (Fsp3) is 0.389. The monoisotopic (exact) mass is 387 g/mol. The van der Waals surface area contributed by atoms with E-state index in [0.29, 0.717) is 42.9 Å². The molecule has 1 amide bonds. The first-order valence-electron chi connectivity index (χ1n) is 8.75. The molecule has 1 atom stereocenters. The minimum atomic E-state index is -3.73. The van der Waals surface area contributed by atoms with Gasteiger partial charge in [0.15, 0.2) is 0 Å². The molecule has 1 N–H and O–H groups in total. The van der Waals surface area contributed by atoms with Crippen molar-refractivity contribution in [2.24, 2.45) is 0 Å². The summed E-state index contributed by atoms with van der Waals surface area (Å²) in [5.41, 5.74) is 0.904. The number of piperidine rings is 1. The Morgan fingerprint density at radius 3 is 2.93 bits per heavy atom. The fourth-order valence-electron chi connectivity index (χ4n) is 3.22. The molecule has 8 nitrogen and oxygen atoms in total. The molecule has 142 valence electrons. The van der Waals surface area contributed by atoms with Crippen molar-refractivity contribution in [3.05, 3.63) is 47.7 Å².